The zero-order valence-electron chi connectivity index (χ0n) is 8.52. The fourth-order valence-electron chi connectivity index (χ4n) is 1.35. The third kappa shape index (κ3) is 2.48. The number of aromatic nitrogens is 2. The van der Waals surface area contributed by atoms with Crippen LogP contribution in [0.3, 0.4) is 0 Å². The molecule has 0 aliphatic heterocycles. The molecule has 0 aliphatic rings. The molecule has 0 aliphatic carbocycles. The summed E-state index contributed by atoms with van der Waals surface area (Å²) in [6.07, 6.45) is 0. The highest BCUT2D eigenvalue weighted by Crippen LogP contribution is 2.21. The van der Waals surface area contributed by atoms with E-state index in [1.807, 2.05) is 0 Å². The predicted molar refractivity (Wildman–Crippen MR) is 63.4 cm³/mol. The van der Waals surface area contributed by atoms with Crippen molar-refractivity contribution < 1.29 is 4.39 Å². The van der Waals surface area contributed by atoms with Crippen molar-refractivity contribution in [3.63, 3.8) is 0 Å². The minimum atomic E-state index is -0.249. The average molecular weight is 258 g/mol. The van der Waals surface area contributed by atoms with Crippen LogP contribution in [0.15, 0.2) is 24.3 Å². The molecule has 1 heterocycles. The van der Waals surface area contributed by atoms with Crippen molar-refractivity contribution in [2.75, 3.05) is 11.9 Å². The Morgan fingerprint density at radius 2 is 2.12 bits per heavy atom. The highest BCUT2D eigenvalue weighted by molar-refractivity contribution is 7.15. The van der Waals surface area contributed by atoms with Gasteiger partial charge in [0.25, 0.3) is 0 Å². The summed E-state index contributed by atoms with van der Waals surface area (Å²) in [6, 6.07) is 6.60. The van der Waals surface area contributed by atoms with Gasteiger partial charge in [-0.2, -0.15) is 0 Å². The summed E-state index contributed by atoms with van der Waals surface area (Å²) >= 11 is 6.97. The zero-order chi connectivity index (χ0) is 11.5. The van der Waals surface area contributed by atoms with Gasteiger partial charge in [-0.05, 0) is 23.7 Å². The van der Waals surface area contributed by atoms with E-state index in [2.05, 4.69) is 10.2 Å². The van der Waals surface area contributed by atoms with Crippen molar-refractivity contribution >= 4 is 28.6 Å². The molecule has 0 spiro atoms. The lowest BCUT2D eigenvalue weighted by Gasteiger charge is -2.17. The van der Waals surface area contributed by atoms with E-state index in [1.165, 1.54) is 17.4 Å². The summed E-state index contributed by atoms with van der Waals surface area (Å²) in [5.74, 6) is -0.249. The maximum Gasteiger partial charge on any atom is 0.207 e. The monoisotopic (exact) mass is 257 g/mol. The lowest BCUT2D eigenvalue weighted by Crippen LogP contribution is -2.17. The highest BCUT2D eigenvalue weighted by Gasteiger charge is 2.09. The topological polar surface area (TPSA) is 29.0 Å². The molecule has 0 atom stereocenters. The van der Waals surface area contributed by atoms with E-state index >= 15 is 0 Å². The van der Waals surface area contributed by atoms with Crippen LogP contribution in [0.1, 0.15) is 5.01 Å². The molecule has 2 aromatic rings. The first-order valence-corrected chi connectivity index (χ1v) is 5.80. The van der Waals surface area contributed by atoms with Gasteiger partial charge >= 0.3 is 0 Å². The van der Waals surface area contributed by atoms with Gasteiger partial charge in [-0.15, -0.1) is 10.2 Å². The molecule has 2 rings (SSSR count). The summed E-state index contributed by atoms with van der Waals surface area (Å²) in [5, 5.41) is 8.34. The Hall–Kier alpha value is -1.20. The van der Waals surface area contributed by atoms with Gasteiger partial charge in [-0.25, -0.2) is 4.39 Å². The standard InChI is InChI=1S/C10H9ClFN3S/c1-15(6-9-13-14-10(11)16-9)8-5-3-2-4-7(8)12/h2-5H,6H2,1H3. The van der Waals surface area contributed by atoms with Crippen molar-refractivity contribution in [2.45, 2.75) is 6.54 Å². The van der Waals surface area contributed by atoms with E-state index in [0.29, 0.717) is 16.7 Å². The van der Waals surface area contributed by atoms with E-state index in [4.69, 9.17) is 11.6 Å². The van der Waals surface area contributed by atoms with Crippen molar-refractivity contribution in [1.29, 1.82) is 0 Å². The molecule has 6 heteroatoms. The van der Waals surface area contributed by atoms with Gasteiger partial charge in [0.15, 0.2) is 0 Å². The number of rotatable bonds is 3. The zero-order valence-corrected chi connectivity index (χ0v) is 10.1. The number of para-hydroxylation sites is 1. The second-order valence-corrected chi connectivity index (χ2v) is 4.90. The molecule has 0 radical (unpaired) electrons. The Balaban J connectivity index is 2.14. The second kappa shape index (κ2) is 4.76. The Morgan fingerprint density at radius 3 is 2.75 bits per heavy atom. The number of hydrogen-bond donors (Lipinski definition) is 0. The molecule has 3 nitrogen and oxygen atoms in total. The summed E-state index contributed by atoms with van der Waals surface area (Å²) in [5.41, 5.74) is 0.536. The van der Waals surface area contributed by atoms with Gasteiger partial charge in [0, 0.05) is 7.05 Å². The van der Waals surface area contributed by atoms with E-state index < -0.39 is 0 Å². The Kier molecular flexibility index (Phi) is 3.36. The quantitative estimate of drug-likeness (QED) is 0.847. The van der Waals surface area contributed by atoms with Crippen LogP contribution in [0.2, 0.25) is 4.47 Å². The van der Waals surface area contributed by atoms with Gasteiger partial charge in [-0.3, -0.25) is 0 Å². The van der Waals surface area contributed by atoms with Gasteiger partial charge in [0.1, 0.15) is 10.8 Å². The Labute approximate surface area is 101 Å². The fraction of sp³-hybridized carbons (Fsp3) is 0.200. The van der Waals surface area contributed by atoms with Crippen molar-refractivity contribution in [3.05, 3.63) is 39.6 Å². The van der Waals surface area contributed by atoms with Crippen LogP contribution in [-0.4, -0.2) is 17.2 Å². The van der Waals surface area contributed by atoms with Crippen LogP contribution in [0.4, 0.5) is 10.1 Å². The molecule has 0 N–H and O–H groups in total. The summed E-state index contributed by atoms with van der Waals surface area (Å²) in [6.45, 7) is 0.491. The minimum absolute atomic E-state index is 0.249. The first kappa shape index (κ1) is 11.3. The largest absolute Gasteiger partial charge is 0.365 e. The molecule has 0 bridgehead atoms. The third-order valence-electron chi connectivity index (χ3n) is 2.08. The summed E-state index contributed by atoms with van der Waals surface area (Å²) in [7, 11) is 1.80. The van der Waals surface area contributed by atoms with Crippen LogP contribution in [-0.2, 0) is 6.54 Å². The summed E-state index contributed by atoms with van der Waals surface area (Å²) in [4.78, 5) is 1.77. The lowest BCUT2D eigenvalue weighted by molar-refractivity contribution is 0.622. The van der Waals surface area contributed by atoms with Crippen LogP contribution in [0, 0.1) is 5.82 Å². The van der Waals surface area contributed by atoms with Gasteiger partial charge in [0.2, 0.25) is 4.47 Å². The molecule has 0 unspecified atom stereocenters. The fourth-order valence-corrected chi connectivity index (χ4v) is 2.27. The highest BCUT2D eigenvalue weighted by atomic mass is 35.5. The Morgan fingerprint density at radius 1 is 1.38 bits per heavy atom. The van der Waals surface area contributed by atoms with Crippen molar-refractivity contribution in [1.82, 2.24) is 10.2 Å². The van der Waals surface area contributed by atoms with Crippen LogP contribution in [0.25, 0.3) is 0 Å². The second-order valence-electron chi connectivity index (χ2n) is 3.26. The summed E-state index contributed by atoms with van der Waals surface area (Å²) < 4.78 is 13.8. The molecular weight excluding hydrogens is 249 g/mol. The van der Waals surface area contributed by atoms with Crippen molar-refractivity contribution in [3.8, 4) is 0 Å². The lowest BCUT2D eigenvalue weighted by atomic mass is 10.3. The van der Waals surface area contributed by atoms with Crippen LogP contribution >= 0.6 is 22.9 Å². The smallest absolute Gasteiger partial charge is 0.207 e. The van der Waals surface area contributed by atoms with Crippen LogP contribution < -0.4 is 4.90 Å². The molecule has 1 aromatic carbocycles. The molecular formula is C10H9ClFN3S. The number of anilines is 1. The number of halogens is 2. The number of hydrogen-bond acceptors (Lipinski definition) is 4. The molecule has 16 heavy (non-hydrogen) atoms. The maximum atomic E-state index is 13.4. The number of nitrogens with zero attached hydrogens (tertiary/aromatic N) is 3. The van der Waals surface area contributed by atoms with Gasteiger partial charge in [-0.1, -0.05) is 23.5 Å². The molecule has 0 amide bonds. The van der Waals surface area contributed by atoms with Crippen molar-refractivity contribution in [2.24, 2.45) is 0 Å². The maximum absolute atomic E-state index is 13.4. The first-order chi connectivity index (χ1) is 7.66. The Bertz CT molecular complexity index is 488. The SMILES string of the molecule is CN(Cc1nnc(Cl)s1)c1ccccc1F. The normalized spacial score (nSPS) is 10.4. The van der Waals surface area contributed by atoms with Crippen LogP contribution in [0.5, 0.6) is 0 Å². The third-order valence-corrected chi connectivity index (χ3v) is 3.08. The molecule has 0 saturated heterocycles. The molecule has 1 aromatic heterocycles. The number of benzene rings is 1. The molecule has 0 fully saturated rings. The van der Waals surface area contributed by atoms with Gasteiger partial charge < -0.3 is 4.90 Å². The van der Waals surface area contributed by atoms with Gasteiger partial charge in [0.05, 0.1) is 12.2 Å². The predicted octanol–water partition coefficient (Wildman–Crippen LogP) is 2.97. The van der Waals surface area contributed by atoms with E-state index in [0.717, 1.165) is 5.01 Å². The first-order valence-electron chi connectivity index (χ1n) is 4.60. The molecule has 84 valence electrons. The van der Waals surface area contributed by atoms with E-state index in [1.54, 1.807) is 30.1 Å². The molecule has 0 saturated carbocycles. The minimum Gasteiger partial charge on any atom is -0.365 e. The average Bonchev–Trinajstić information content (AvgIpc) is 2.64. The van der Waals surface area contributed by atoms with E-state index in [-0.39, 0.29) is 5.82 Å². The van der Waals surface area contributed by atoms with E-state index in [9.17, 15) is 4.39 Å².